The van der Waals surface area contributed by atoms with E-state index in [0.29, 0.717) is 34.4 Å². The lowest BCUT2D eigenvalue weighted by Gasteiger charge is -2.34. The first kappa shape index (κ1) is 16.1. The highest BCUT2D eigenvalue weighted by molar-refractivity contribution is 8.00. The van der Waals surface area contributed by atoms with Gasteiger partial charge in [-0.3, -0.25) is 0 Å². The van der Waals surface area contributed by atoms with Crippen molar-refractivity contribution in [2.24, 2.45) is 0 Å². The minimum Gasteiger partial charge on any atom is -0.207 e. The van der Waals surface area contributed by atoms with Crippen molar-refractivity contribution in [3.63, 3.8) is 0 Å². The minimum atomic E-state index is -3.43. The Morgan fingerprint density at radius 2 is 1.90 bits per heavy atom. The largest absolute Gasteiger partial charge is 0.243 e. The van der Waals surface area contributed by atoms with Gasteiger partial charge in [0.15, 0.2) is 0 Å². The van der Waals surface area contributed by atoms with Crippen LogP contribution >= 0.6 is 23.4 Å². The van der Waals surface area contributed by atoms with Gasteiger partial charge in [0, 0.05) is 29.5 Å². The molecule has 0 aliphatic carbocycles. The smallest absolute Gasteiger partial charge is 0.207 e. The second-order valence-corrected chi connectivity index (χ2v) is 9.37. The lowest BCUT2D eigenvalue weighted by Crippen LogP contribution is -2.44. The summed E-state index contributed by atoms with van der Waals surface area (Å²) >= 11 is 7.66. The molecule has 1 heterocycles. The summed E-state index contributed by atoms with van der Waals surface area (Å²) in [5, 5.41) is 0.648. The Balaban J connectivity index is 2.39. The predicted octanol–water partition coefficient (Wildman–Crippen LogP) is 3.25. The van der Waals surface area contributed by atoms with Gasteiger partial charge in [0.05, 0.1) is 4.90 Å². The number of halogens is 1. The number of rotatable bonds is 3. The lowest BCUT2D eigenvalue weighted by molar-refractivity contribution is 0.404. The van der Waals surface area contributed by atoms with Crippen LogP contribution in [-0.4, -0.2) is 36.3 Å². The Hall–Kier alpha value is -0.230. The summed E-state index contributed by atoms with van der Waals surface area (Å²) in [6.45, 7) is 7.12. The summed E-state index contributed by atoms with van der Waals surface area (Å²) in [4.78, 5) is 0.391. The molecule has 0 bridgehead atoms. The summed E-state index contributed by atoms with van der Waals surface area (Å²) < 4.78 is 27.3. The molecule has 1 aromatic carbocycles. The van der Waals surface area contributed by atoms with Crippen LogP contribution < -0.4 is 0 Å². The van der Waals surface area contributed by atoms with Gasteiger partial charge < -0.3 is 0 Å². The van der Waals surface area contributed by atoms with Crippen molar-refractivity contribution in [1.29, 1.82) is 0 Å². The van der Waals surface area contributed by atoms with Gasteiger partial charge in [0.25, 0.3) is 0 Å². The fourth-order valence-corrected chi connectivity index (χ4v) is 6.04. The molecule has 0 radical (unpaired) electrons. The Labute approximate surface area is 130 Å². The summed E-state index contributed by atoms with van der Waals surface area (Å²) in [7, 11) is -3.43. The van der Waals surface area contributed by atoms with Gasteiger partial charge in [-0.1, -0.05) is 26.0 Å². The molecule has 0 saturated carbocycles. The number of benzene rings is 1. The molecule has 2 rings (SSSR count). The van der Waals surface area contributed by atoms with Crippen LogP contribution in [0.5, 0.6) is 0 Å². The summed E-state index contributed by atoms with van der Waals surface area (Å²) in [6, 6.07) is 5.41. The lowest BCUT2D eigenvalue weighted by atomic mass is 10.2. The van der Waals surface area contributed by atoms with Crippen molar-refractivity contribution in [2.75, 3.05) is 13.1 Å². The highest BCUT2D eigenvalue weighted by atomic mass is 35.5. The van der Waals surface area contributed by atoms with Crippen LogP contribution in [0, 0.1) is 6.92 Å². The van der Waals surface area contributed by atoms with Gasteiger partial charge in [-0.25, -0.2) is 8.42 Å². The second kappa shape index (κ2) is 6.26. The first-order chi connectivity index (χ1) is 9.34. The van der Waals surface area contributed by atoms with E-state index in [9.17, 15) is 8.42 Å². The fourth-order valence-electron chi connectivity index (χ4n) is 2.47. The second-order valence-electron chi connectivity index (χ2n) is 5.31. The van der Waals surface area contributed by atoms with E-state index in [-0.39, 0.29) is 0 Å². The van der Waals surface area contributed by atoms with E-state index in [1.54, 1.807) is 10.4 Å². The third-order valence-electron chi connectivity index (χ3n) is 3.41. The minimum absolute atomic E-state index is 0.324. The molecule has 112 valence electrons. The van der Waals surface area contributed by atoms with E-state index in [2.05, 4.69) is 13.8 Å². The molecule has 0 amide bonds. The molecule has 3 nitrogen and oxygen atoms in total. The number of sulfonamides is 1. The standard InChI is InChI=1S/C14H20ClNO2S2/c1-10-4-5-13(7-15)6-14(10)20(17,18)16-8-11(2)19-12(3)9-16/h4-6,11-12H,7-9H2,1-3H3. The first-order valence-electron chi connectivity index (χ1n) is 6.65. The maximum absolute atomic E-state index is 12.8. The zero-order valence-electron chi connectivity index (χ0n) is 12.0. The average molecular weight is 334 g/mol. The predicted molar refractivity (Wildman–Crippen MR) is 86.0 cm³/mol. The third kappa shape index (κ3) is 3.32. The Kier molecular flexibility index (Phi) is 5.05. The summed E-state index contributed by atoms with van der Waals surface area (Å²) in [5.74, 6) is 0.325. The van der Waals surface area contributed by atoms with Gasteiger partial charge in [-0.2, -0.15) is 16.1 Å². The average Bonchev–Trinajstić information content (AvgIpc) is 2.38. The summed E-state index contributed by atoms with van der Waals surface area (Å²) in [6.07, 6.45) is 0. The van der Waals surface area contributed by atoms with Gasteiger partial charge >= 0.3 is 0 Å². The highest BCUT2D eigenvalue weighted by Gasteiger charge is 2.32. The van der Waals surface area contributed by atoms with Gasteiger partial charge in [0.2, 0.25) is 10.0 Å². The van der Waals surface area contributed by atoms with Gasteiger partial charge in [0.1, 0.15) is 0 Å². The van der Waals surface area contributed by atoms with Crippen LogP contribution in [0.2, 0.25) is 0 Å². The zero-order chi connectivity index (χ0) is 14.9. The molecule has 1 fully saturated rings. The van der Waals surface area contributed by atoms with E-state index in [4.69, 9.17) is 11.6 Å². The molecule has 1 aliphatic heterocycles. The molecule has 2 atom stereocenters. The van der Waals surface area contributed by atoms with Crippen LogP contribution in [0.1, 0.15) is 25.0 Å². The molecule has 6 heteroatoms. The van der Waals surface area contributed by atoms with Gasteiger partial charge in [-0.05, 0) is 24.1 Å². The van der Waals surface area contributed by atoms with E-state index < -0.39 is 10.0 Å². The number of nitrogens with zero attached hydrogens (tertiary/aromatic N) is 1. The molecule has 2 unspecified atom stereocenters. The van der Waals surface area contributed by atoms with Crippen molar-refractivity contribution < 1.29 is 8.42 Å². The number of aryl methyl sites for hydroxylation is 1. The molecule has 20 heavy (non-hydrogen) atoms. The highest BCUT2D eigenvalue weighted by Crippen LogP contribution is 2.30. The normalized spacial score (nSPS) is 24.8. The summed E-state index contributed by atoms with van der Waals surface area (Å²) in [5.41, 5.74) is 1.61. The van der Waals surface area contributed by atoms with E-state index in [0.717, 1.165) is 11.1 Å². The molecule has 1 saturated heterocycles. The zero-order valence-corrected chi connectivity index (χ0v) is 14.4. The van der Waals surface area contributed by atoms with Gasteiger partial charge in [-0.15, -0.1) is 11.6 Å². The molecular weight excluding hydrogens is 314 g/mol. The first-order valence-corrected chi connectivity index (χ1v) is 9.57. The van der Waals surface area contributed by atoms with E-state index in [1.165, 1.54) is 0 Å². The maximum atomic E-state index is 12.8. The Morgan fingerprint density at radius 1 is 1.30 bits per heavy atom. The van der Waals surface area contributed by atoms with Crippen molar-refractivity contribution in [3.05, 3.63) is 29.3 Å². The Morgan fingerprint density at radius 3 is 2.45 bits per heavy atom. The number of hydrogen-bond acceptors (Lipinski definition) is 3. The molecule has 1 aliphatic rings. The number of thioether (sulfide) groups is 1. The van der Waals surface area contributed by atoms with E-state index in [1.807, 2.05) is 30.8 Å². The monoisotopic (exact) mass is 333 g/mol. The van der Waals surface area contributed by atoms with Crippen molar-refractivity contribution >= 4 is 33.4 Å². The molecule has 1 aromatic rings. The van der Waals surface area contributed by atoms with Crippen LogP contribution in [-0.2, 0) is 15.9 Å². The molecule has 0 spiro atoms. The van der Waals surface area contributed by atoms with Crippen LogP contribution in [0.25, 0.3) is 0 Å². The van der Waals surface area contributed by atoms with Crippen LogP contribution in [0.4, 0.5) is 0 Å². The molecule has 0 aromatic heterocycles. The molecule has 0 N–H and O–H groups in total. The molecular formula is C14H20ClNO2S2. The van der Waals surface area contributed by atoms with Crippen molar-refractivity contribution in [1.82, 2.24) is 4.31 Å². The van der Waals surface area contributed by atoms with Crippen LogP contribution in [0.3, 0.4) is 0 Å². The van der Waals surface area contributed by atoms with E-state index >= 15 is 0 Å². The van der Waals surface area contributed by atoms with Crippen LogP contribution in [0.15, 0.2) is 23.1 Å². The number of hydrogen-bond donors (Lipinski definition) is 0. The quantitative estimate of drug-likeness (QED) is 0.797. The van der Waals surface area contributed by atoms with Crippen molar-refractivity contribution in [3.8, 4) is 0 Å². The van der Waals surface area contributed by atoms with Crippen molar-refractivity contribution in [2.45, 2.75) is 42.0 Å². The third-order valence-corrected chi connectivity index (χ3v) is 6.92. The maximum Gasteiger partial charge on any atom is 0.243 e. The Bertz CT molecular complexity index is 579. The fraction of sp³-hybridized carbons (Fsp3) is 0.571. The SMILES string of the molecule is Cc1ccc(CCl)cc1S(=O)(=O)N1CC(C)SC(C)C1. The number of alkyl halides is 1. The topological polar surface area (TPSA) is 37.4 Å².